The molecule has 0 aromatic heterocycles. The van der Waals surface area contributed by atoms with Gasteiger partial charge in [0, 0.05) is 52.3 Å². The van der Waals surface area contributed by atoms with Crippen molar-refractivity contribution in [2.24, 2.45) is 4.99 Å². The Bertz CT molecular complexity index is 607. The Hall–Kier alpha value is -1.26. The fourth-order valence-electron chi connectivity index (χ4n) is 3.10. The monoisotopic (exact) mass is 493 g/mol. The third-order valence-electron chi connectivity index (χ3n) is 4.90. The van der Waals surface area contributed by atoms with E-state index in [0.29, 0.717) is 12.5 Å². The van der Waals surface area contributed by atoms with Crippen LogP contribution in [0.3, 0.4) is 0 Å². The van der Waals surface area contributed by atoms with Gasteiger partial charge in [-0.3, -0.25) is 4.99 Å². The average Bonchev–Trinajstić information content (AvgIpc) is 2.71. The molecule has 1 aromatic rings. The third kappa shape index (κ3) is 6.39. The molecule has 27 heavy (non-hydrogen) atoms. The summed E-state index contributed by atoms with van der Waals surface area (Å²) in [7, 11) is 6.84. The first kappa shape index (κ1) is 23.8. The number of benzene rings is 1. The highest BCUT2D eigenvalue weighted by Crippen LogP contribution is 2.29. The highest BCUT2D eigenvalue weighted by molar-refractivity contribution is 14.0. The molecule has 1 aliphatic heterocycles. The Kier molecular flexibility index (Phi) is 10.2. The number of aliphatic imine (C=N–C) groups is 1. The largest absolute Gasteiger partial charge is 0.497 e. The van der Waals surface area contributed by atoms with Crippen LogP contribution in [0.1, 0.15) is 31.4 Å². The smallest absolute Gasteiger partial charge is 0.191 e. The second kappa shape index (κ2) is 11.6. The lowest BCUT2D eigenvalue weighted by Gasteiger charge is -2.36. The molecule has 2 rings (SSSR count). The minimum atomic E-state index is -0.216. The summed E-state index contributed by atoms with van der Waals surface area (Å²) in [4.78, 5) is 4.34. The fraction of sp³-hybridized carbons (Fsp3) is 0.632. The van der Waals surface area contributed by atoms with Crippen molar-refractivity contribution in [3.63, 3.8) is 0 Å². The molecule has 1 fully saturated rings. The van der Waals surface area contributed by atoms with E-state index in [-0.39, 0.29) is 35.6 Å². The van der Waals surface area contributed by atoms with Gasteiger partial charge < -0.3 is 29.6 Å². The molecule has 0 spiro atoms. The van der Waals surface area contributed by atoms with Gasteiger partial charge in [0.15, 0.2) is 5.96 Å². The van der Waals surface area contributed by atoms with Crippen LogP contribution < -0.4 is 20.1 Å². The van der Waals surface area contributed by atoms with Gasteiger partial charge in [-0.05, 0) is 25.1 Å². The lowest BCUT2D eigenvalue weighted by Crippen LogP contribution is -2.51. The maximum Gasteiger partial charge on any atom is 0.191 e. The predicted octanol–water partition coefficient (Wildman–Crippen LogP) is 2.74. The molecular formula is C19H32IN3O4. The first-order valence-corrected chi connectivity index (χ1v) is 8.89. The second-order valence-electron chi connectivity index (χ2n) is 6.40. The lowest BCUT2D eigenvalue weighted by molar-refractivity contribution is -0.0855. The highest BCUT2D eigenvalue weighted by atomic mass is 127. The zero-order valence-corrected chi connectivity index (χ0v) is 19.2. The van der Waals surface area contributed by atoms with Crippen molar-refractivity contribution in [2.75, 3.05) is 48.1 Å². The molecule has 1 aliphatic rings. The van der Waals surface area contributed by atoms with Gasteiger partial charge in [-0.1, -0.05) is 0 Å². The molecule has 1 heterocycles. The molecule has 2 N–H and O–H groups in total. The van der Waals surface area contributed by atoms with Gasteiger partial charge in [-0.25, -0.2) is 0 Å². The Labute approximate surface area is 179 Å². The number of guanidine groups is 1. The molecule has 1 unspecified atom stereocenters. The van der Waals surface area contributed by atoms with Crippen molar-refractivity contribution in [3.05, 3.63) is 23.8 Å². The summed E-state index contributed by atoms with van der Waals surface area (Å²) in [6.45, 7) is 4.18. The number of hydrogen-bond acceptors (Lipinski definition) is 5. The summed E-state index contributed by atoms with van der Waals surface area (Å²) in [6, 6.07) is 5.75. The van der Waals surface area contributed by atoms with E-state index >= 15 is 0 Å². The maximum atomic E-state index is 5.77. The van der Waals surface area contributed by atoms with Gasteiger partial charge in [0.25, 0.3) is 0 Å². The van der Waals surface area contributed by atoms with E-state index in [1.165, 1.54) is 0 Å². The fourth-order valence-corrected chi connectivity index (χ4v) is 3.10. The van der Waals surface area contributed by atoms with Crippen molar-refractivity contribution < 1.29 is 18.9 Å². The number of rotatable bonds is 7. The minimum Gasteiger partial charge on any atom is -0.497 e. The summed E-state index contributed by atoms with van der Waals surface area (Å²) in [6.07, 6.45) is 1.74. The van der Waals surface area contributed by atoms with E-state index in [0.717, 1.165) is 43.1 Å². The van der Waals surface area contributed by atoms with Gasteiger partial charge in [-0.2, -0.15) is 0 Å². The number of halogens is 1. The van der Waals surface area contributed by atoms with Gasteiger partial charge in [-0.15, -0.1) is 24.0 Å². The normalized spacial score (nSPS) is 17.4. The molecular weight excluding hydrogens is 461 g/mol. The number of nitrogens with one attached hydrogen (secondary N) is 2. The van der Waals surface area contributed by atoms with Gasteiger partial charge in [0.05, 0.1) is 25.9 Å². The average molecular weight is 493 g/mol. The predicted molar refractivity (Wildman–Crippen MR) is 118 cm³/mol. The van der Waals surface area contributed by atoms with E-state index < -0.39 is 0 Å². The molecule has 0 amide bonds. The summed E-state index contributed by atoms with van der Waals surface area (Å²) < 4.78 is 22.0. The summed E-state index contributed by atoms with van der Waals surface area (Å²) in [5.74, 6) is 2.31. The van der Waals surface area contributed by atoms with Crippen molar-refractivity contribution in [1.29, 1.82) is 0 Å². The highest BCUT2D eigenvalue weighted by Gasteiger charge is 2.32. The van der Waals surface area contributed by atoms with Crippen LogP contribution in [0, 0.1) is 0 Å². The molecule has 0 bridgehead atoms. The standard InChI is InChI=1S/C19H31N3O4.HI/c1-14(16-12-15(23-3)6-7-17(16)24-4)22-18(20-2)21-13-19(25-5)8-10-26-11-9-19;/h6-7,12,14H,8-11,13H2,1-5H3,(H2,20,21,22);1H. The van der Waals surface area contributed by atoms with Crippen molar-refractivity contribution >= 4 is 29.9 Å². The maximum absolute atomic E-state index is 5.77. The van der Waals surface area contributed by atoms with Gasteiger partial charge in [0.1, 0.15) is 11.5 Å². The summed E-state index contributed by atoms with van der Waals surface area (Å²) in [5, 5.41) is 6.79. The van der Waals surface area contributed by atoms with Crippen LogP contribution in [0.2, 0.25) is 0 Å². The van der Waals surface area contributed by atoms with Gasteiger partial charge in [0.2, 0.25) is 0 Å². The van der Waals surface area contributed by atoms with E-state index in [9.17, 15) is 0 Å². The van der Waals surface area contributed by atoms with Crippen molar-refractivity contribution in [1.82, 2.24) is 10.6 Å². The zero-order chi connectivity index (χ0) is 19.0. The molecule has 0 aliphatic carbocycles. The van der Waals surface area contributed by atoms with Crippen LogP contribution in [0.5, 0.6) is 11.5 Å². The zero-order valence-electron chi connectivity index (χ0n) is 16.8. The van der Waals surface area contributed by atoms with Crippen LogP contribution in [0.25, 0.3) is 0 Å². The first-order chi connectivity index (χ1) is 12.6. The molecule has 1 atom stereocenters. The lowest BCUT2D eigenvalue weighted by atomic mass is 9.94. The van der Waals surface area contributed by atoms with Crippen molar-refractivity contribution in [2.45, 2.75) is 31.4 Å². The van der Waals surface area contributed by atoms with Crippen molar-refractivity contribution in [3.8, 4) is 11.5 Å². The Morgan fingerprint density at radius 2 is 1.93 bits per heavy atom. The second-order valence-corrected chi connectivity index (χ2v) is 6.40. The molecule has 1 saturated heterocycles. The minimum absolute atomic E-state index is 0. The van der Waals surface area contributed by atoms with E-state index in [4.69, 9.17) is 18.9 Å². The Morgan fingerprint density at radius 3 is 2.48 bits per heavy atom. The molecule has 154 valence electrons. The van der Waals surface area contributed by atoms with Gasteiger partial charge >= 0.3 is 0 Å². The number of hydrogen-bond donors (Lipinski definition) is 2. The summed E-state index contributed by atoms with van der Waals surface area (Å²) >= 11 is 0. The van der Waals surface area contributed by atoms with E-state index in [1.807, 2.05) is 18.2 Å². The molecule has 0 radical (unpaired) electrons. The molecule has 7 nitrogen and oxygen atoms in total. The van der Waals surface area contributed by atoms with Crippen LogP contribution in [0.4, 0.5) is 0 Å². The number of methoxy groups -OCH3 is 3. The molecule has 8 heteroatoms. The molecule has 0 saturated carbocycles. The molecule has 1 aromatic carbocycles. The van der Waals surface area contributed by atoms with E-state index in [2.05, 4.69) is 22.5 Å². The SMILES string of the molecule is CN=C(NCC1(OC)CCOCC1)NC(C)c1cc(OC)ccc1OC.I. The van der Waals surface area contributed by atoms with Crippen LogP contribution in [0.15, 0.2) is 23.2 Å². The third-order valence-corrected chi connectivity index (χ3v) is 4.90. The van der Waals surface area contributed by atoms with Crippen LogP contribution >= 0.6 is 24.0 Å². The summed E-state index contributed by atoms with van der Waals surface area (Å²) in [5.41, 5.74) is 0.787. The first-order valence-electron chi connectivity index (χ1n) is 8.89. The Morgan fingerprint density at radius 1 is 1.22 bits per heavy atom. The van der Waals surface area contributed by atoms with Crippen LogP contribution in [-0.2, 0) is 9.47 Å². The Balaban J connectivity index is 0.00000364. The quantitative estimate of drug-likeness (QED) is 0.346. The van der Waals surface area contributed by atoms with Crippen LogP contribution in [-0.4, -0.2) is 59.7 Å². The topological polar surface area (TPSA) is 73.3 Å². The number of ether oxygens (including phenoxy) is 4. The number of nitrogens with zero attached hydrogens (tertiary/aromatic N) is 1. The van der Waals surface area contributed by atoms with E-state index in [1.54, 1.807) is 28.4 Å².